The van der Waals surface area contributed by atoms with Crippen LogP contribution in [-0.4, -0.2) is 33.5 Å². The lowest BCUT2D eigenvalue weighted by Crippen LogP contribution is -2.25. The number of nitrogens with two attached hydrogens (primary N) is 1. The molecule has 0 aliphatic heterocycles. The number of rotatable bonds is 8. The van der Waals surface area contributed by atoms with Gasteiger partial charge in [0.05, 0.1) is 11.5 Å². The fraction of sp³-hybridized carbons (Fsp3) is 0.368. The third-order valence-corrected chi connectivity index (χ3v) is 5.29. The van der Waals surface area contributed by atoms with E-state index in [2.05, 4.69) is 11.8 Å². The first-order valence-electron chi connectivity index (χ1n) is 8.30. The summed E-state index contributed by atoms with van der Waals surface area (Å²) in [7, 11) is -1.60. The summed E-state index contributed by atoms with van der Waals surface area (Å²) in [5.41, 5.74) is 2.19. The second-order valence-electron chi connectivity index (χ2n) is 6.24. The molecule has 0 fully saturated rings. The number of ether oxygens (including phenoxy) is 1. The van der Waals surface area contributed by atoms with Crippen molar-refractivity contribution >= 4 is 10.0 Å². The van der Waals surface area contributed by atoms with E-state index >= 15 is 0 Å². The second-order valence-corrected chi connectivity index (χ2v) is 7.80. The number of primary sulfonamides is 1. The van der Waals surface area contributed by atoms with Gasteiger partial charge in [-0.3, -0.25) is 4.90 Å². The molecule has 136 valence electrons. The van der Waals surface area contributed by atoms with Gasteiger partial charge in [0.1, 0.15) is 5.75 Å². The molecule has 0 spiro atoms. The zero-order valence-corrected chi connectivity index (χ0v) is 15.8. The van der Waals surface area contributed by atoms with Crippen LogP contribution in [0.2, 0.25) is 0 Å². The molecule has 2 rings (SSSR count). The predicted octanol–water partition coefficient (Wildman–Crippen LogP) is 3.10. The largest absolute Gasteiger partial charge is 0.493 e. The van der Waals surface area contributed by atoms with Crippen molar-refractivity contribution in [2.75, 3.05) is 20.2 Å². The van der Waals surface area contributed by atoms with Crippen LogP contribution in [0, 0.1) is 6.92 Å². The molecule has 1 unspecified atom stereocenters. The molecule has 0 aliphatic carbocycles. The molecule has 0 saturated carbocycles. The Bertz CT molecular complexity index is 789. The number of hydrogen-bond acceptors (Lipinski definition) is 4. The zero-order valence-electron chi connectivity index (χ0n) is 15.0. The van der Waals surface area contributed by atoms with Crippen LogP contribution in [-0.2, 0) is 10.0 Å². The minimum absolute atomic E-state index is 0.137. The van der Waals surface area contributed by atoms with Crippen LogP contribution in [0.3, 0.4) is 0 Å². The SMILES string of the molecule is Cc1ccccc1OCCCN(C)C(C)c1ccc(S(N)(=O)=O)cc1. The maximum Gasteiger partial charge on any atom is 0.238 e. The van der Waals surface area contributed by atoms with E-state index in [0.29, 0.717) is 6.61 Å². The molecular formula is C19H26N2O3S. The minimum atomic E-state index is -3.64. The molecule has 1 atom stereocenters. The van der Waals surface area contributed by atoms with Crippen molar-refractivity contribution in [3.63, 3.8) is 0 Å². The smallest absolute Gasteiger partial charge is 0.238 e. The third kappa shape index (κ3) is 5.56. The molecule has 0 saturated heterocycles. The normalized spacial score (nSPS) is 13.0. The summed E-state index contributed by atoms with van der Waals surface area (Å²) in [6.45, 7) is 5.67. The van der Waals surface area contributed by atoms with Gasteiger partial charge in [0.25, 0.3) is 0 Å². The molecular weight excluding hydrogens is 336 g/mol. The molecule has 5 nitrogen and oxygen atoms in total. The average molecular weight is 362 g/mol. The van der Waals surface area contributed by atoms with Gasteiger partial charge in [-0.2, -0.15) is 0 Å². The summed E-state index contributed by atoms with van der Waals surface area (Å²) in [5.74, 6) is 0.928. The Morgan fingerprint density at radius 3 is 2.36 bits per heavy atom. The second kappa shape index (κ2) is 8.47. The summed E-state index contributed by atoms with van der Waals surface area (Å²) in [6, 6.07) is 14.9. The van der Waals surface area contributed by atoms with Crippen molar-refractivity contribution in [3.8, 4) is 5.75 Å². The van der Waals surface area contributed by atoms with E-state index in [1.807, 2.05) is 50.4 Å². The molecule has 0 radical (unpaired) electrons. The fourth-order valence-corrected chi connectivity index (χ4v) is 3.11. The van der Waals surface area contributed by atoms with Crippen molar-refractivity contribution in [2.24, 2.45) is 5.14 Å². The number of nitrogens with zero attached hydrogens (tertiary/aromatic N) is 1. The Morgan fingerprint density at radius 2 is 1.76 bits per heavy atom. The van der Waals surface area contributed by atoms with E-state index in [-0.39, 0.29) is 10.9 Å². The van der Waals surface area contributed by atoms with Crippen molar-refractivity contribution < 1.29 is 13.2 Å². The predicted molar refractivity (Wildman–Crippen MR) is 100 cm³/mol. The average Bonchev–Trinajstić information content (AvgIpc) is 2.58. The number of aryl methyl sites for hydroxylation is 1. The van der Waals surface area contributed by atoms with Crippen LogP contribution >= 0.6 is 0 Å². The van der Waals surface area contributed by atoms with Crippen LogP contribution in [0.4, 0.5) is 0 Å². The van der Waals surface area contributed by atoms with E-state index in [9.17, 15) is 8.42 Å². The van der Waals surface area contributed by atoms with Gasteiger partial charge in [-0.05, 0) is 56.6 Å². The number of sulfonamides is 1. The lowest BCUT2D eigenvalue weighted by atomic mass is 10.1. The quantitative estimate of drug-likeness (QED) is 0.733. The Kier molecular flexibility index (Phi) is 6.58. The van der Waals surface area contributed by atoms with Crippen LogP contribution in [0.5, 0.6) is 5.75 Å². The number of hydrogen-bond donors (Lipinski definition) is 1. The van der Waals surface area contributed by atoms with E-state index in [0.717, 1.165) is 29.8 Å². The Labute approximate surface area is 150 Å². The maximum absolute atomic E-state index is 11.3. The van der Waals surface area contributed by atoms with E-state index in [1.54, 1.807) is 12.1 Å². The van der Waals surface area contributed by atoms with Crippen molar-refractivity contribution in [1.82, 2.24) is 4.90 Å². The van der Waals surface area contributed by atoms with Gasteiger partial charge < -0.3 is 4.74 Å². The van der Waals surface area contributed by atoms with E-state index in [4.69, 9.17) is 9.88 Å². The van der Waals surface area contributed by atoms with Gasteiger partial charge in [0.15, 0.2) is 0 Å². The summed E-state index contributed by atoms with van der Waals surface area (Å²) < 4.78 is 28.5. The van der Waals surface area contributed by atoms with E-state index < -0.39 is 10.0 Å². The Balaban J connectivity index is 1.84. The van der Waals surface area contributed by atoms with Gasteiger partial charge in [-0.25, -0.2) is 13.6 Å². The van der Waals surface area contributed by atoms with Gasteiger partial charge >= 0.3 is 0 Å². The van der Waals surface area contributed by atoms with E-state index in [1.165, 1.54) is 0 Å². The Morgan fingerprint density at radius 1 is 1.12 bits per heavy atom. The molecule has 2 N–H and O–H groups in total. The van der Waals surface area contributed by atoms with Gasteiger partial charge in [0, 0.05) is 12.6 Å². The van der Waals surface area contributed by atoms with Crippen LogP contribution < -0.4 is 9.88 Å². The van der Waals surface area contributed by atoms with Crippen LogP contribution in [0.15, 0.2) is 53.4 Å². The summed E-state index contributed by atoms with van der Waals surface area (Å²) in [6.07, 6.45) is 0.907. The summed E-state index contributed by atoms with van der Waals surface area (Å²) in [4.78, 5) is 2.35. The molecule has 0 bridgehead atoms. The van der Waals surface area contributed by atoms with Crippen LogP contribution in [0.25, 0.3) is 0 Å². The lowest BCUT2D eigenvalue weighted by molar-refractivity contribution is 0.225. The highest BCUT2D eigenvalue weighted by Gasteiger charge is 2.13. The molecule has 6 heteroatoms. The summed E-state index contributed by atoms with van der Waals surface area (Å²) in [5, 5.41) is 5.13. The van der Waals surface area contributed by atoms with Crippen LogP contribution in [0.1, 0.15) is 30.5 Å². The molecule has 0 heterocycles. The lowest BCUT2D eigenvalue weighted by Gasteiger charge is -2.25. The molecule has 0 amide bonds. The van der Waals surface area contributed by atoms with Crippen molar-refractivity contribution in [2.45, 2.75) is 31.2 Å². The standard InChI is InChI=1S/C19H26N2O3S/c1-15-7-4-5-8-19(15)24-14-6-13-21(3)16(2)17-9-11-18(12-10-17)25(20,22)23/h4-5,7-12,16H,6,13-14H2,1-3H3,(H2,20,22,23). The minimum Gasteiger partial charge on any atom is -0.493 e. The van der Waals surface area contributed by atoms with Gasteiger partial charge in [0.2, 0.25) is 10.0 Å². The number of benzene rings is 2. The van der Waals surface area contributed by atoms with Gasteiger partial charge in [-0.1, -0.05) is 30.3 Å². The van der Waals surface area contributed by atoms with Crippen molar-refractivity contribution in [3.05, 3.63) is 59.7 Å². The highest BCUT2D eigenvalue weighted by Crippen LogP contribution is 2.21. The van der Waals surface area contributed by atoms with Gasteiger partial charge in [-0.15, -0.1) is 0 Å². The molecule has 25 heavy (non-hydrogen) atoms. The molecule has 2 aromatic carbocycles. The highest BCUT2D eigenvalue weighted by atomic mass is 32.2. The number of para-hydroxylation sites is 1. The third-order valence-electron chi connectivity index (χ3n) is 4.36. The van der Waals surface area contributed by atoms with Crippen molar-refractivity contribution in [1.29, 1.82) is 0 Å². The zero-order chi connectivity index (χ0) is 18.4. The molecule has 0 aliphatic rings. The maximum atomic E-state index is 11.3. The first kappa shape index (κ1) is 19.4. The summed E-state index contributed by atoms with van der Waals surface area (Å²) >= 11 is 0. The first-order chi connectivity index (χ1) is 11.8. The topological polar surface area (TPSA) is 72.6 Å². The molecule has 2 aromatic rings. The Hall–Kier alpha value is -1.89. The highest BCUT2D eigenvalue weighted by molar-refractivity contribution is 7.89. The monoisotopic (exact) mass is 362 g/mol. The first-order valence-corrected chi connectivity index (χ1v) is 9.85. The molecule has 0 aromatic heterocycles. The fourth-order valence-electron chi connectivity index (χ4n) is 2.60.